The fourth-order valence-electron chi connectivity index (χ4n) is 1.99. The van der Waals surface area contributed by atoms with E-state index in [4.69, 9.17) is 11.6 Å². The van der Waals surface area contributed by atoms with Crippen LogP contribution < -0.4 is 4.90 Å². The van der Waals surface area contributed by atoms with E-state index in [9.17, 15) is 0 Å². The molecule has 94 valence electrons. The predicted molar refractivity (Wildman–Crippen MR) is 70.6 cm³/mol. The first kappa shape index (κ1) is 12.6. The van der Waals surface area contributed by atoms with E-state index < -0.39 is 0 Å². The second-order valence-corrected chi connectivity index (χ2v) is 4.96. The average Bonchev–Trinajstić information content (AvgIpc) is 2.32. The number of nitrogens with zero attached hydrogens (tertiary/aromatic N) is 4. The molecule has 1 aliphatic heterocycles. The minimum Gasteiger partial charge on any atom is -0.338 e. The Morgan fingerprint density at radius 2 is 2.24 bits per heavy atom. The van der Waals surface area contributed by atoms with Crippen LogP contribution in [-0.4, -0.2) is 47.6 Å². The van der Waals surface area contributed by atoms with Gasteiger partial charge in [0.05, 0.1) is 5.88 Å². The number of piperazine rings is 1. The SMILES string of the molecule is Cc1nc(N2CCN(C)C(C)C2)ncc1CCl. The van der Waals surface area contributed by atoms with Crippen molar-refractivity contribution in [2.24, 2.45) is 0 Å². The third-order valence-electron chi connectivity index (χ3n) is 3.45. The quantitative estimate of drug-likeness (QED) is 0.752. The Bertz CT molecular complexity index is 396. The van der Waals surface area contributed by atoms with Crippen LogP contribution in [0, 0.1) is 6.92 Å². The normalized spacial score (nSPS) is 21.9. The Balaban J connectivity index is 2.15. The number of hydrogen-bond acceptors (Lipinski definition) is 4. The number of aromatic nitrogens is 2. The van der Waals surface area contributed by atoms with Gasteiger partial charge in [0.1, 0.15) is 0 Å². The molecule has 0 spiro atoms. The van der Waals surface area contributed by atoms with Crippen LogP contribution in [0.2, 0.25) is 0 Å². The van der Waals surface area contributed by atoms with Gasteiger partial charge in [0.2, 0.25) is 5.95 Å². The van der Waals surface area contributed by atoms with Crippen molar-refractivity contribution < 1.29 is 0 Å². The number of likely N-dealkylation sites (N-methyl/N-ethyl adjacent to an activating group) is 1. The van der Waals surface area contributed by atoms with Gasteiger partial charge in [-0.05, 0) is 20.9 Å². The van der Waals surface area contributed by atoms with Gasteiger partial charge in [-0.15, -0.1) is 11.6 Å². The highest BCUT2D eigenvalue weighted by molar-refractivity contribution is 6.17. The van der Waals surface area contributed by atoms with Crippen molar-refractivity contribution in [2.45, 2.75) is 25.8 Å². The van der Waals surface area contributed by atoms with E-state index >= 15 is 0 Å². The lowest BCUT2D eigenvalue weighted by molar-refractivity contribution is 0.232. The fraction of sp³-hybridized carbons (Fsp3) is 0.667. The summed E-state index contributed by atoms with van der Waals surface area (Å²) < 4.78 is 0. The van der Waals surface area contributed by atoms with Crippen LogP contribution in [0.4, 0.5) is 5.95 Å². The number of hydrogen-bond donors (Lipinski definition) is 0. The molecule has 0 N–H and O–H groups in total. The molecule has 4 nitrogen and oxygen atoms in total. The van der Waals surface area contributed by atoms with Crippen LogP contribution in [0.5, 0.6) is 0 Å². The molecule has 0 saturated carbocycles. The topological polar surface area (TPSA) is 32.3 Å². The van der Waals surface area contributed by atoms with Crippen LogP contribution in [-0.2, 0) is 5.88 Å². The van der Waals surface area contributed by atoms with Crippen molar-refractivity contribution in [3.63, 3.8) is 0 Å². The van der Waals surface area contributed by atoms with E-state index in [-0.39, 0.29) is 0 Å². The Kier molecular flexibility index (Phi) is 3.84. The molecule has 17 heavy (non-hydrogen) atoms. The van der Waals surface area contributed by atoms with E-state index in [1.165, 1.54) is 0 Å². The van der Waals surface area contributed by atoms with Crippen molar-refractivity contribution in [3.05, 3.63) is 17.5 Å². The van der Waals surface area contributed by atoms with Gasteiger partial charge in [0.25, 0.3) is 0 Å². The lowest BCUT2D eigenvalue weighted by Gasteiger charge is -2.37. The summed E-state index contributed by atoms with van der Waals surface area (Å²) in [6.07, 6.45) is 1.84. The monoisotopic (exact) mass is 254 g/mol. The highest BCUT2D eigenvalue weighted by Crippen LogP contribution is 2.16. The molecule has 0 aromatic carbocycles. The fourth-order valence-corrected chi connectivity index (χ4v) is 2.26. The number of aryl methyl sites for hydroxylation is 1. The summed E-state index contributed by atoms with van der Waals surface area (Å²) in [6, 6.07) is 0.542. The summed E-state index contributed by atoms with van der Waals surface area (Å²) in [5, 5.41) is 0. The van der Waals surface area contributed by atoms with Gasteiger partial charge in [-0.3, -0.25) is 0 Å². The summed E-state index contributed by atoms with van der Waals surface area (Å²) in [5.74, 6) is 1.31. The molecule has 0 radical (unpaired) electrons. The van der Waals surface area contributed by atoms with Crippen LogP contribution in [0.15, 0.2) is 6.20 Å². The molecule has 0 amide bonds. The summed E-state index contributed by atoms with van der Waals surface area (Å²) in [7, 11) is 2.16. The number of rotatable bonds is 2. The largest absolute Gasteiger partial charge is 0.338 e. The number of alkyl halides is 1. The lowest BCUT2D eigenvalue weighted by Crippen LogP contribution is -2.50. The van der Waals surface area contributed by atoms with E-state index in [0.29, 0.717) is 11.9 Å². The predicted octanol–water partition coefficient (Wildman–Crippen LogP) is 1.66. The molecule has 1 atom stereocenters. The maximum atomic E-state index is 5.81. The van der Waals surface area contributed by atoms with Gasteiger partial charge in [0, 0.05) is 43.1 Å². The molecular formula is C12H19ClN4. The Morgan fingerprint density at radius 1 is 1.47 bits per heavy atom. The zero-order valence-electron chi connectivity index (χ0n) is 10.6. The molecular weight excluding hydrogens is 236 g/mol. The molecule has 1 aromatic heterocycles. The number of anilines is 1. The van der Waals surface area contributed by atoms with Gasteiger partial charge < -0.3 is 9.80 Å². The van der Waals surface area contributed by atoms with E-state index in [2.05, 4.69) is 33.7 Å². The highest BCUT2D eigenvalue weighted by atomic mass is 35.5. The van der Waals surface area contributed by atoms with Gasteiger partial charge in [-0.2, -0.15) is 0 Å². The van der Waals surface area contributed by atoms with E-state index in [1.807, 2.05) is 13.1 Å². The summed E-state index contributed by atoms with van der Waals surface area (Å²) in [5.41, 5.74) is 1.99. The van der Waals surface area contributed by atoms with Gasteiger partial charge >= 0.3 is 0 Å². The molecule has 1 aromatic rings. The van der Waals surface area contributed by atoms with Crippen molar-refractivity contribution in [1.82, 2.24) is 14.9 Å². The molecule has 1 aliphatic rings. The van der Waals surface area contributed by atoms with Crippen LogP contribution >= 0.6 is 11.6 Å². The van der Waals surface area contributed by atoms with E-state index in [1.54, 1.807) is 0 Å². The first-order valence-corrected chi connectivity index (χ1v) is 6.49. The van der Waals surface area contributed by atoms with Crippen molar-refractivity contribution in [1.29, 1.82) is 0 Å². The standard InChI is InChI=1S/C12H19ClN4/c1-9-8-17(5-4-16(9)3)12-14-7-11(6-13)10(2)15-12/h7,9H,4-6,8H2,1-3H3. The molecule has 1 fully saturated rings. The van der Waals surface area contributed by atoms with Gasteiger partial charge in [-0.25, -0.2) is 9.97 Å². The average molecular weight is 255 g/mol. The summed E-state index contributed by atoms with van der Waals surface area (Å²) in [6.45, 7) is 7.24. The Morgan fingerprint density at radius 3 is 2.82 bits per heavy atom. The molecule has 1 saturated heterocycles. The Labute approximate surface area is 108 Å². The minimum atomic E-state index is 0.477. The minimum absolute atomic E-state index is 0.477. The van der Waals surface area contributed by atoms with Crippen LogP contribution in [0.3, 0.4) is 0 Å². The lowest BCUT2D eigenvalue weighted by atomic mass is 10.2. The van der Waals surface area contributed by atoms with Gasteiger partial charge in [0.15, 0.2) is 0 Å². The maximum Gasteiger partial charge on any atom is 0.225 e. The van der Waals surface area contributed by atoms with Crippen molar-refractivity contribution >= 4 is 17.5 Å². The molecule has 2 rings (SSSR count). The third-order valence-corrected chi connectivity index (χ3v) is 3.74. The van der Waals surface area contributed by atoms with Crippen LogP contribution in [0.25, 0.3) is 0 Å². The van der Waals surface area contributed by atoms with Crippen molar-refractivity contribution in [2.75, 3.05) is 31.6 Å². The number of halogens is 1. The second kappa shape index (κ2) is 5.19. The molecule has 5 heteroatoms. The highest BCUT2D eigenvalue weighted by Gasteiger charge is 2.22. The smallest absolute Gasteiger partial charge is 0.225 e. The van der Waals surface area contributed by atoms with Gasteiger partial charge in [-0.1, -0.05) is 0 Å². The summed E-state index contributed by atoms with van der Waals surface area (Å²) >= 11 is 5.81. The second-order valence-electron chi connectivity index (χ2n) is 4.69. The zero-order valence-corrected chi connectivity index (χ0v) is 11.4. The van der Waals surface area contributed by atoms with Crippen LogP contribution in [0.1, 0.15) is 18.2 Å². The molecule has 2 heterocycles. The van der Waals surface area contributed by atoms with E-state index in [0.717, 1.165) is 36.8 Å². The van der Waals surface area contributed by atoms with Crippen molar-refractivity contribution in [3.8, 4) is 0 Å². The molecule has 1 unspecified atom stereocenters. The third kappa shape index (κ3) is 2.69. The first-order valence-electron chi connectivity index (χ1n) is 5.95. The zero-order chi connectivity index (χ0) is 12.4. The Hall–Kier alpha value is -0.870. The first-order chi connectivity index (χ1) is 8.11. The molecule has 0 aliphatic carbocycles. The summed E-state index contributed by atoms with van der Waals surface area (Å²) in [4.78, 5) is 13.5. The maximum absolute atomic E-state index is 5.81. The molecule has 0 bridgehead atoms.